The fourth-order valence-electron chi connectivity index (χ4n) is 23.4. The van der Waals surface area contributed by atoms with Crippen LogP contribution in [0.25, 0.3) is 0 Å². The monoisotopic (exact) mass is 1500 g/mol. The second-order valence-electron chi connectivity index (χ2n) is 35.7. The van der Waals surface area contributed by atoms with Gasteiger partial charge in [0.05, 0.1) is 49.8 Å². The van der Waals surface area contributed by atoms with E-state index in [1.165, 1.54) is 77.0 Å². The summed E-state index contributed by atoms with van der Waals surface area (Å²) < 4.78 is 38.0. The summed E-state index contributed by atoms with van der Waals surface area (Å²) in [5, 5.41) is 21.0. The van der Waals surface area contributed by atoms with Gasteiger partial charge in [-0.05, 0) is 246 Å². The first kappa shape index (κ1) is 87.2. The minimum atomic E-state index is -0.430. The molecule has 8 aliphatic carbocycles. The van der Waals surface area contributed by atoms with Gasteiger partial charge in [-0.3, -0.25) is 4.90 Å². The smallest absolute Gasteiger partial charge is 0.458 e. The van der Waals surface area contributed by atoms with Gasteiger partial charge in [0, 0.05) is 50.0 Å². The fourth-order valence-corrected chi connectivity index (χ4v) is 23.4. The van der Waals surface area contributed by atoms with Gasteiger partial charge in [-0.2, -0.15) is 27.7 Å². The molecule has 12 nitrogen and oxygen atoms in total. The molecule has 2 N–H and O–H groups in total. The summed E-state index contributed by atoms with van der Waals surface area (Å²) >= 11 is 0. The van der Waals surface area contributed by atoms with E-state index in [-0.39, 0.29) is 77.4 Å². The number of hydrogen-bond donors (Lipinski definition) is 2. The number of hydrogen-bond acceptors (Lipinski definition) is 12. The quantitative estimate of drug-likeness (QED) is 0.0427. The van der Waals surface area contributed by atoms with E-state index in [1.807, 2.05) is 132 Å². The van der Waals surface area contributed by atoms with E-state index in [2.05, 4.69) is 81.1 Å². The average Bonchev–Trinajstić information content (AvgIpc) is 1.68. The molecular formula is C92H143NO11Zn. The molecule has 10 fully saturated rings. The fraction of sp³-hybridized carbons (Fsp3) is 0.750. The third kappa shape index (κ3) is 19.9. The van der Waals surface area contributed by atoms with Crippen molar-refractivity contribution in [2.24, 2.45) is 98.6 Å². The Morgan fingerprint density at radius 1 is 0.533 bits per heavy atom. The summed E-state index contributed by atoms with van der Waals surface area (Å²) in [6.45, 7) is 38.7. The van der Waals surface area contributed by atoms with E-state index in [9.17, 15) is 24.6 Å². The van der Waals surface area contributed by atoms with E-state index in [0.717, 1.165) is 95.6 Å². The van der Waals surface area contributed by atoms with Crippen molar-refractivity contribution in [1.29, 1.82) is 0 Å². The molecule has 10 aliphatic rings. The molecule has 2 heterocycles. The predicted molar refractivity (Wildman–Crippen MR) is 419 cm³/mol. The number of rotatable bonds is 22. The van der Waals surface area contributed by atoms with Crippen LogP contribution < -0.4 is 0 Å². The topological polar surface area (TPSA) is 150 Å². The molecule has 2 spiro atoms. The van der Waals surface area contributed by atoms with Gasteiger partial charge in [0.15, 0.2) is 11.6 Å². The third-order valence-electron chi connectivity index (χ3n) is 29.2. The Morgan fingerprint density at radius 3 is 1.30 bits per heavy atom. The second-order valence-corrected chi connectivity index (χ2v) is 35.7. The van der Waals surface area contributed by atoms with Crippen LogP contribution >= 0.6 is 0 Å². The zero-order valence-corrected chi connectivity index (χ0v) is 71.2. The number of fused-ring (bicyclic) bond motifs is 10. The molecule has 13 rings (SSSR count). The van der Waals surface area contributed by atoms with Gasteiger partial charge in [0.2, 0.25) is 0 Å². The first-order valence-corrected chi connectivity index (χ1v) is 42.0. The van der Waals surface area contributed by atoms with Crippen LogP contribution in [0.15, 0.2) is 91.0 Å². The van der Waals surface area contributed by atoms with Gasteiger partial charge in [0.25, 0.3) is 0 Å². The predicted octanol–water partition coefficient (Wildman–Crippen LogP) is 21.0. The maximum Gasteiger partial charge on any atom is 2.00 e. The van der Waals surface area contributed by atoms with Crippen LogP contribution in [-0.2, 0) is 52.7 Å². The molecule has 105 heavy (non-hydrogen) atoms. The summed E-state index contributed by atoms with van der Waals surface area (Å²) in [4.78, 5) is 40.5. The Balaban J connectivity index is 0.000000202. The Labute approximate surface area is 650 Å². The maximum absolute atomic E-state index is 13.5. The molecule has 0 radical (unpaired) electrons. The number of ether oxygens (including phenoxy) is 6. The molecule has 8 saturated carbocycles. The molecule has 3 aromatic rings. The molecule has 3 aromatic carbocycles. The molecule has 0 amide bonds. The number of carbonyl (C=O) groups excluding carboxylic acids is 3. The normalized spacial score (nSPS) is 34.2. The van der Waals surface area contributed by atoms with E-state index < -0.39 is 17.7 Å². The molecule has 584 valence electrons. The SMILES string of the molecule is CC(C)[C@H](O)CC[C@@H](C)[C@H]1CCC2C3C(CC[C@@]21C)[C@@]1(C)CCC2(C[C@@H]1C[C@H]3OC(=O)c1ccccc1)OCCO2.CCCCN(CCCC)[C@H](C)[C@@H](O)c1ccccc1.C[C@H](CCC=O)[C@H]1CCC2C3C(CC[C@@]21C)[C@@]1(C)CCC2(C[C@@H]1C[C@H]3OC(=O)c1ccccc1)OCCO2.C[CH-]C.C[CH-]C.[Zn+2]. The van der Waals surface area contributed by atoms with Crippen LogP contribution in [0.1, 0.15) is 290 Å². The van der Waals surface area contributed by atoms with Gasteiger partial charge < -0.3 is 56.3 Å². The van der Waals surface area contributed by atoms with Crippen LogP contribution in [0.2, 0.25) is 0 Å². The first-order chi connectivity index (χ1) is 49.9. The van der Waals surface area contributed by atoms with Crippen molar-refractivity contribution in [3.05, 3.63) is 121 Å². The summed E-state index contributed by atoms with van der Waals surface area (Å²) in [5.41, 5.74) is 3.28. The number of aldehydes is 1. The summed E-state index contributed by atoms with van der Waals surface area (Å²) in [5.74, 6) is 5.46. The van der Waals surface area contributed by atoms with E-state index in [4.69, 9.17) is 28.4 Å². The van der Waals surface area contributed by atoms with Gasteiger partial charge >= 0.3 is 31.4 Å². The molecule has 0 aromatic heterocycles. The molecular weight excluding hydrogens is 1360 g/mol. The number of nitrogens with zero attached hydrogens (tertiary/aromatic N) is 1. The number of carbonyl (C=O) groups is 3. The van der Waals surface area contributed by atoms with Crippen molar-refractivity contribution in [2.75, 3.05) is 39.5 Å². The maximum atomic E-state index is 13.5. The standard InChI is InChI=1S/C36H54O5.C33H46O5.C17H29NO.2C3H7.Zn/c1-23(2)30(37)14-11-24(3)27-12-13-28-32-29(15-16-35(27,28)5)34(4)17-18-36(39-19-20-40-36)22-26(34)21-31(32)41-33(38)25-9-7-6-8-10-25;1-22(8-7-17-34)25-11-12-26-29-27(13-14-32(25,26)3)31(2)15-16-33(36-18-19-37-33)21-24(31)20-28(29)38-30(35)23-9-5-4-6-10-23;1-4-6-13-18(14-7-5-2)15(3)17(19)16-11-9-8-10-12-16;2*1-3-2;/h6-10,23-24,26-32,37H,11-22H2,1-5H3;4-6,9-10,17,22,24-29H,7-8,11-16,18-21H2,1-3H3;8-12,15,17,19H,4-7,13-14H2,1-3H3;2*3H,1-2H3;/q;;;2*-1;+2/t24-,26+,27-,28?,29?,30-,31-,32?,34+,35-;22-,24+,25-,26?,27?,28-,29?,31+,32-;15-,17-;;;/m111.../s1. The van der Waals surface area contributed by atoms with Gasteiger partial charge in [-0.1, -0.05) is 149 Å². The van der Waals surface area contributed by atoms with Crippen LogP contribution in [0, 0.1) is 111 Å². The molecule has 13 heteroatoms. The number of aliphatic hydroxyl groups excluding tert-OH is 2. The molecule has 6 unspecified atom stereocenters. The number of benzene rings is 3. The number of esters is 2. The molecule has 0 bridgehead atoms. The average molecular weight is 1500 g/mol. The van der Waals surface area contributed by atoms with Crippen LogP contribution in [-0.4, -0.2) is 109 Å². The van der Waals surface area contributed by atoms with E-state index >= 15 is 0 Å². The summed E-state index contributed by atoms with van der Waals surface area (Å²) in [6.07, 6.45) is 30.5. The van der Waals surface area contributed by atoms with Crippen molar-refractivity contribution >= 4 is 18.2 Å². The first-order valence-electron chi connectivity index (χ1n) is 42.0. The van der Waals surface area contributed by atoms with Crippen LogP contribution in [0.5, 0.6) is 0 Å². The Bertz CT molecular complexity index is 3040. The zero-order valence-electron chi connectivity index (χ0n) is 68.2. The van der Waals surface area contributed by atoms with Crippen molar-refractivity contribution in [2.45, 2.75) is 300 Å². The molecule has 2 saturated heterocycles. The van der Waals surface area contributed by atoms with Crippen molar-refractivity contribution in [3.8, 4) is 0 Å². The zero-order chi connectivity index (χ0) is 75.0. The number of aliphatic hydroxyl groups is 2. The largest absolute Gasteiger partial charge is 2.00 e. The van der Waals surface area contributed by atoms with Crippen molar-refractivity contribution < 1.29 is 72.5 Å². The Morgan fingerprint density at radius 2 is 0.914 bits per heavy atom. The Kier molecular flexibility index (Phi) is 33.0. The second kappa shape index (κ2) is 39.7. The van der Waals surface area contributed by atoms with Crippen molar-refractivity contribution in [3.63, 3.8) is 0 Å². The molecule has 2 aliphatic heterocycles. The minimum absolute atomic E-state index is 0. The van der Waals surface area contributed by atoms with Gasteiger partial charge in [-0.25, -0.2) is 9.59 Å². The third-order valence-corrected chi connectivity index (χ3v) is 29.2. The van der Waals surface area contributed by atoms with Crippen LogP contribution in [0.4, 0.5) is 0 Å². The minimum Gasteiger partial charge on any atom is -0.458 e. The van der Waals surface area contributed by atoms with E-state index in [1.54, 1.807) is 0 Å². The summed E-state index contributed by atoms with van der Waals surface area (Å²) in [7, 11) is 0. The Hall–Kier alpha value is -3.39. The van der Waals surface area contributed by atoms with Crippen LogP contribution in [0.3, 0.4) is 0 Å². The van der Waals surface area contributed by atoms with Gasteiger partial charge in [0.1, 0.15) is 18.5 Å². The number of unbranched alkanes of at least 4 members (excludes halogenated alkanes) is 2. The van der Waals surface area contributed by atoms with Crippen molar-refractivity contribution in [1.82, 2.24) is 4.90 Å². The van der Waals surface area contributed by atoms with Gasteiger partial charge in [-0.15, -0.1) is 0 Å². The molecule has 21 atom stereocenters. The summed E-state index contributed by atoms with van der Waals surface area (Å²) in [6, 6.07) is 29.3. The van der Waals surface area contributed by atoms with E-state index in [0.29, 0.717) is 121 Å².